The summed E-state index contributed by atoms with van der Waals surface area (Å²) in [6.07, 6.45) is 1.53. The largest absolute Gasteiger partial charge is 0.490 e. The summed E-state index contributed by atoms with van der Waals surface area (Å²) in [5, 5.41) is 2.90. The number of amidine groups is 1. The molecule has 1 unspecified atom stereocenters. The van der Waals surface area contributed by atoms with E-state index in [2.05, 4.69) is 10.3 Å². The van der Waals surface area contributed by atoms with Crippen LogP contribution in [-0.2, 0) is 16.0 Å². The number of nitrogens with one attached hydrogen (secondary N) is 1. The molecule has 8 heteroatoms. The lowest BCUT2D eigenvalue weighted by Crippen LogP contribution is -2.26. The van der Waals surface area contributed by atoms with E-state index in [9.17, 15) is 9.59 Å². The lowest BCUT2D eigenvalue weighted by molar-refractivity contribution is -0.145. The van der Waals surface area contributed by atoms with Gasteiger partial charge in [0.25, 0.3) is 5.91 Å². The SMILES string of the molecule is CCOC(=O)CC1CCc2cc(NC(=O)c3ccc(C(N)=NCCN)cc3)ccc2O1. The number of benzene rings is 2. The second-order valence-corrected chi connectivity index (χ2v) is 7.20. The first-order valence-corrected chi connectivity index (χ1v) is 10.4. The van der Waals surface area contributed by atoms with Crippen molar-refractivity contribution in [2.75, 3.05) is 25.0 Å². The molecular weight excluding hydrogens is 396 g/mol. The molecule has 2 aromatic carbocycles. The van der Waals surface area contributed by atoms with Gasteiger partial charge < -0.3 is 26.3 Å². The molecule has 164 valence electrons. The summed E-state index contributed by atoms with van der Waals surface area (Å²) < 4.78 is 10.9. The maximum Gasteiger partial charge on any atom is 0.309 e. The average molecular weight is 425 g/mol. The number of fused-ring (bicyclic) bond motifs is 1. The summed E-state index contributed by atoms with van der Waals surface area (Å²) >= 11 is 0. The summed E-state index contributed by atoms with van der Waals surface area (Å²) in [6, 6.07) is 12.4. The highest BCUT2D eigenvalue weighted by atomic mass is 16.5. The predicted octanol–water partition coefficient (Wildman–Crippen LogP) is 2.25. The number of nitrogens with zero attached hydrogens (tertiary/aromatic N) is 1. The third-order valence-corrected chi connectivity index (χ3v) is 4.90. The van der Waals surface area contributed by atoms with E-state index in [4.69, 9.17) is 20.9 Å². The number of aryl methyl sites for hydroxylation is 1. The molecule has 0 aliphatic carbocycles. The van der Waals surface area contributed by atoms with Gasteiger partial charge in [-0.1, -0.05) is 12.1 Å². The zero-order valence-corrected chi connectivity index (χ0v) is 17.6. The molecule has 0 spiro atoms. The van der Waals surface area contributed by atoms with Gasteiger partial charge in [-0.2, -0.15) is 0 Å². The van der Waals surface area contributed by atoms with E-state index in [0.717, 1.165) is 29.7 Å². The number of hydrogen-bond donors (Lipinski definition) is 3. The van der Waals surface area contributed by atoms with E-state index in [0.29, 0.717) is 36.8 Å². The van der Waals surface area contributed by atoms with Crippen LogP contribution < -0.4 is 21.5 Å². The van der Waals surface area contributed by atoms with Gasteiger partial charge in [-0.3, -0.25) is 14.6 Å². The minimum Gasteiger partial charge on any atom is -0.490 e. The van der Waals surface area contributed by atoms with Crippen LogP contribution in [-0.4, -0.2) is 43.5 Å². The molecule has 3 rings (SSSR count). The number of aliphatic imine (C=N–C) groups is 1. The summed E-state index contributed by atoms with van der Waals surface area (Å²) in [4.78, 5) is 28.4. The molecule has 5 N–H and O–H groups in total. The molecule has 1 atom stereocenters. The lowest BCUT2D eigenvalue weighted by atomic mass is 10.00. The maximum absolute atomic E-state index is 12.6. The molecule has 0 aromatic heterocycles. The summed E-state index contributed by atoms with van der Waals surface area (Å²) in [5.74, 6) is 0.655. The minimum absolute atomic E-state index is 0.189. The van der Waals surface area contributed by atoms with Crippen molar-refractivity contribution in [1.82, 2.24) is 0 Å². The molecule has 1 aliphatic rings. The lowest BCUT2D eigenvalue weighted by Gasteiger charge is -2.26. The molecular formula is C23H28N4O4. The molecule has 1 amide bonds. The van der Waals surface area contributed by atoms with Crippen LogP contribution in [0.2, 0.25) is 0 Å². The van der Waals surface area contributed by atoms with Crippen LogP contribution in [0.5, 0.6) is 5.75 Å². The summed E-state index contributed by atoms with van der Waals surface area (Å²) in [6.45, 7) is 3.04. The quantitative estimate of drug-likeness (QED) is 0.339. The normalized spacial score (nSPS) is 15.5. The number of carbonyl (C=O) groups is 2. The second-order valence-electron chi connectivity index (χ2n) is 7.20. The first-order chi connectivity index (χ1) is 15.0. The summed E-state index contributed by atoms with van der Waals surface area (Å²) in [7, 11) is 0. The first-order valence-electron chi connectivity index (χ1n) is 10.4. The van der Waals surface area contributed by atoms with Crippen molar-refractivity contribution in [2.45, 2.75) is 32.3 Å². The average Bonchev–Trinajstić information content (AvgIpc) is 2.77. The Hall–Kier alpha value is -3.39. The smallest absolute Gasteiger partial charge is 0.309 e. The fourth-order valence-electron chi connectivity index (χ4n) is 3.34. The Labute approximate surface area is 181 Å². The zero-order valence-electron chi connectivity index (χ0n) is 17.6. The van der Waals surface area contributed by atoms with Crippen molar-refractivity contribution in [3.05, 3.63) is 59.2 Å². The van der Waals surface area contributed by atoms with Crippen molar-refractivity contribution in [2.24, 2.45) is 16.5 Å². The van der Waals surface area contributed by atoms with Gasteiger partial charge in [0, 0.05) is 23.4 Å². The molecule has 0 radical (unpaired) electrons. The number of ether oxygens (including phenoxy) is 2. The van der Waals surface area contributed by atoms with Crippen molar-refractivity contribution >= 4 is 23.4 Å². The highest BCUT2D eigenvalue weighted by Crippen LogP contribution is 2.31. The molecule has 31 heavy (non-hydrogen) atoms. The molecule has 1 aliphatic heterocycles. The van der Waals surface area contributed by atoms with Gasteiger partial charge in [0.1, 0.15) is 17.7 Å². The van der Waals surface area contributed by atoms with Crippen molar-refractivity contribution in [3.63, 3.8) is 0 Å². The van der Waals surface area contributed by atoms with Gasteiger partial charge in [-0.25, -0.2) is 0 Å². The molecule has 0 saturated heterocycles. The predicted molar refractivity (Wildman–Crippen MR) is 119 cm³/mol. The highest BCUT2D eigenvalue weighted by molar-refractivity contribution is 6.05. The van der Waals surface area contributed by atoms with Gasteiger partial charge in [0.15, 0.2) is 0 Å². The molecule has 8 nitrogen and oxygen atoms in total. The maximum atomic E-state index is 12.6. The van der Waals surface area contributed by atoms with Crippen LogP contribution in [0.1, 0.15) is 41.3 Å². The van der Waals surface area contributed by atoms with Crippen LogP contribution in [0.3, 0.4) is 0 Å². The van der Waals surface area contributed by atoms with E-state index >= 15 is 0 Å². The van der Waals surface area contributed by atoms with Crippen molar-refractivity contribution in [3.8, 4) is 5.75 Å². The van der Waals surface area contributed by atoms with E-state index < -0.39 is 0 Å². The van der Waals surface area contributed by atoms with E-state index in [1.165, 1.54) is 0 Å². The number of hydrogen-bond acceptors (Lipinski definition) is 6. The number of esters is 1. The van der Waals surface area contributed by atoms with Crippen LogP contribution in [0, 0.1) is 0 Å². The molecule has 0 saturated carbocycles. The van der Waals surface area contributed by atoms with Gasteiger partial charge in [0.2, 0.25) is 0 Å². The molecule has 1 heterocycles. The van der Waals surface area contributed by atoms with E-state index in [-0.39, 0.29) is 24.4 Å². The number of rotatable bonds is 8. The first kappa shape index (κ1) is 22.3. The van der Waals surface area contributed by atoms with Crippen molar-refractivity contribution in [1.29, 1.82) is 0 Å². The van der Waals surface area contributed by atoms with Crippen LogP contribution in [0.4, 0.5) is 5.69 Å². The summed E-state index contributed by atoms with van der Waals surface area (Å²) in [5.41, 5.74) is 14.3. The fraction of sp³-hybridized carbons (Fsp3) is 0.348. The fourth-order valence-corrected chi connectivity index (χ4v) is 3.34. The minimum atomic E-state index is -0.252. The van der Waals surface area contributed by atoms with Crippen LogP contribution in [0.25, 0.3) is 0 Å². The third-order valence-electron chi connectivity index (χ3n) is 4.90. The van der Waals surface area contributed by atoms with Crippen molar-refractivity contribution < 1.29 is 19.1 Å². The van der Waals surface area contributed by atoms with Crippen LogP contribution >= 0.6 is 0 Å². The highest BCUT2D eigenvalue weighted by Gasteiger charge is 2.23. The van der Waals surface area contributed by atoms with Gasteiger partial charge in [-0.05, 0) is 55.7 Å². The second kappa shape index (κ2) is 10.6. The van der Waals surface area contributed by atoms with Crippen LogP contribution in [0.15, 0.2) is 47.5 Å². The Morgan fingerprint density at radius 3 is 2.65 bits per heavy atom. The van der Waals surface area contributed by atoms with Gasteiger partial charge >= 0.3 is 5.97 Å². The molecule has 2 aromatic rings. The Kier molecular flexibility index (Phi) is 7.61. The molecule has 0 bridgehead atoms. The number of amides is 1. The Morgan fingerprint density at radius 1 is 1.19 bits per heavy atom. The number of anilines is 1. The Morgan fingerprint density at radius 2 is 1.94 bits per heavy atom. The Balaban J connectivity index is 1.61. The third kappa shape index (κ3) is 6.05. The molecule has 0 fully saturated rings. The number of nitrogens with two attached hydrogens (primary N) is 2. The zero-order chi connectivity index (χ0) is 22.2. The monoisotopic (exact) mass is 424 g/mol. The van der Waals surface area contributed by atoms with Gasteiger partial charge in [-0.15, -0.1) is 0 Å². The standard InChI is InChI=1S/C23H28N4O4/c1-2-30-21(28)14-19-9-7-17-13-18(8-10-20(17)31-19)27-23(29)16-5-3-15(4-6-16)22(25)26-12-11-24/h3-6,8,10,13,19H,2,7,9,11-12,14,24H2,1H3,(H2,25,26)(H,27,29). The van der Waals surface area contributed by atoms with E-state index in [1.807, 2.05) is 12.1 Å². The number of carbonyl (C=O) groups excluding carboxylic acids is 2. The van der Waals surface area contributed by atoms with E-state index in [1.54, 1.807) is 37.3 Å². The van der Waals surface area contributed by atoms with Gasteiger partial charge in [0.05, 0.1) is 19.6 Å². The Bertz CT molecular complexity index is 957. The topological polar surface area (TPSA) is 129 Å².